The number of aryl methyl sites for hydroxylation is 1. The van der Waals surface area contributed by atoms with Crippen LogP contribution in [0.4, 0.5) is 11.4 Å². The van der Waals surface area contributed by atoms with Gasteiger partial charge in [0, 0.05) is 33.8 Å². The van der Waals surface area contributed by atoms with Crippen LogP contribution in [0.5, 0.6) is 0 Å². The number of hydrogen-bond acceptors (Lipinski definition) is 4. The standard InChI is InChI=1S/C18H23N3O3S/c1-13-6-8-14(9-7-13)18(22)19-16-12-15(25(23,24)21(4)5)10-11-17(16)20(2)3/h6-12H,1-5H3,(H,19,22). The van der Waals surface area contributed by atoms with E-state index in [0.29, 0.717) is 11.3 Å². The van der Waals surface area contributed by atoms with Crippen LogP contribution in [-0.4, -0.2) is 46.8 Å². The Labute approximate surface area is 149 Å². The maximum atomic E-state index is 12.5. The normalized spacial score (nSPS) is 11.4. The van der Waals surface area contributed by atoms with Crippen molar-refractivity contribution < 1.29 is 13.2 Å². The number of anilines is 2. The maximum Gasteiger partial charge on any atom is 0.255 e. The molecule has 0 spiro atoms. The summed E-state index contributed by atoms with van der Waals surface area (Å²) >= 11 is 0. The van der Waals surface area contributed by atoms with Gasteiger partial charge in [0.15, 0.2) is 0 Å². The number of benzene rings is 2. The van der Waals surface area contributed by atoms with Gasteiger partial charge in [0.2, 0.25) is 10.0 Å². The zero-order valence-electron chi connectivity index (χ0n) is 15.1. The van der Waals surface area contributed by atoms with E-state index in [2.05, 4.69) is 5.32 Å². The molecule has 7 heteroatoms. The van der Waals surface area contributed by atoms with E-state index in [1.807, 2.05) is 38.1 Å². The van der Waals surface area contributed by atoms with Crippen LogP contribution in [0, 0.1) is 6.92 Å². The lowest BCUT2D eigenvalue weighted by Crippen LogP contribution is -2.23. The van der Waals surface area contributed by atoms with Crippen LogP contribution in [0.1, 0.15) is 15.9 Å². The van der Waals surface area contributed by atoms with Crippen LogP contribution in [0.15, 0.2) is 47.4 Å². The molecule has 2 aromatic rings. The van der Waals surface area contributed by atoms with Crippen LogP contribution >= 0.6 is 0 Å². The summed E-state index contributed by atoms with van der Waals surface area (Å²) in [6, 6.07) is 11.9. The molecule has 1 N–H and O–H groups in total. The molecule has 0 aromatic heterocycles. The quantitative estimate of drug-likeness (QED) is 0.889. The molecular formula is C18H23N3O3S. The molecule has 0 bridgehead atoms. The van der Waals surface area contributed by atoms with Crippen molar-refractivity contribution >= 4 is 27.3 Å². The van der Waals surface area contributed by atoms with E-state index in [1.165, 1.54) is 26.2 Å². The van der Waals surface area contributed by atoms with Gasteiger partial charge >= 0.3 is 0 Å². The van der Waals surface area contributed by atoms with E-state index in [-0.39, 0.29) is 10.8 Å². The Bertz CT molecular complexity index is 873. The first kappa shape index (κ1) is 19.0. The fourth-order valence-electron chi connectivity index (χ4n) is 2.28. The van der Waals surface area contributed by atoms with Crippen molar-refractivity contribution in [3.05, 3.63) is 53.6 Å². The number of amides is 1. The predicted octanol–water partition coefficient (Wildman–Crippen LogP) is 2.56. The molecular weight excluding hydrogens is 338 g/mol. The average Bonchev–Trinajstić information content (AvgIpc) is 2.54. The van der Waals surface area contributed by atoms with Gasteiger partial charge in [0.25, 0.3) is 5.91 Å². The Morgan fingerprint density at radius 2 is 1.56 bits per heavy atom. The van der Waals surface area contributed by atoms with Gasteiger partial charge in [-0.3, -0.25) is 4.79 Å². The number of hydrogen-bond donors (Lipinski definition) is 1. The summed E-state index contributed by atoms with van der Waals surface area (Å²) in [5.41, 5.74) is 2.73. The van der Waals surface area contributed by atoms with Gasteiger partial charge in [-0.2, -0.15) is 0 Å². The van der Waals surface area contributed by atoms with E-state index in [0.717, 1.165) is 15.6 Å². The average molecular weight is 361 g/mol. The van der Waals surface area contributed by atoms with E-state index in [4.69, 9.17) is 0 Å². The lowest BCUT2D eigenvalue weighted by Gasteiger charge is -2.20. The fourth-order valence-corrected chi connectivity index (χ4v) is 3.20. The molecule has 6 nitrogen and oxygen atoms in total. The molecule has 25 heavy (non-hydrogen) atoms. The molecule has 2 aromatic carbocycles. The zero-order chi connectivity index (χ0) is 18.8. The van der Waals surface area contributed by atoms with E-state index < -0.39 is 10.0 Å². The molecule has 0 radical (unpaired) electrons. The van der Waals surface area contributed by atoms with Crippen LogP contribution in [-0.2, 0) is 10.0 Å². The summed E-state index contributed by atoms with van der Waals surface area (Å²) in [7, 11) is 3.02. The number of nitrogens with zero attached hydrogens (tertiary/aromatic N) is 2. The van der Waals surface area contributed by atoms with E-state index >= 15 is 0 Å². The third kappa shape index (κ3) is 4.18. The SMILES string of the molecule is Cc1ccc(C(=O)Nc2cc(S(=O)(=O)N(C)C)ccc2N(C)C)cc1. The molecule has 0 aliphatic carbocycles. The molecule has 0 saturated carbocycles. The van der Waals surface area contributed by atoms with Crippen LogP contribution in [0.2, 0.25) is 0 Å². The number of nitrogens with one attached hydrogen (secondary N) is 1. The highest BCUT2D eigenvalue weighted by molar-refractivity contribution is 7.89. The van der Waals surface area contributed by atoms with Crippen molar-refractivity contribution in [2.75, 3.05) is 38.4 Å². The minimum atomic E-state index is -3.58. The smallest absolute Gasteiger partial charge is 0.255 e. The third-order valence-corrected chi connectivity index (χ3v) is 5.60. The summed E-state index contributed by atoms with van der Waals surface area (Å²) < 4.78 is 25.9. The second-order valence-corrected chi connectivity index (χ2v) is 8.33. The van der Waals surface area contributed by atoms with Gasteiger partial charge in [-0.15, -0.1) is 0 Å². The first-order valence-corrected chi connectivity index (χ1v) is 9.19. The molecule has 0 aliphatic heterocycles. The van der Waals surface area contributed by atoms with Crippen LogP contribution in [0.3, 0.4) is 0 Å². The molecule has 0 saturated heterocycles. The Morgan fingerprint density at radius 3 is 2.08 bits per heavy atom. The molecule has 0 atom stereocenters. The van der Waals surface area contributed by atoms with Crippen molar-refractivity contribution in [2.24, 2.45) is 0 Å². The Balaban J connectivity index is 2.43. The highest BCUT2D eigenvalue weighted by Gasteiger charge is 2.20. The van der Waals surface area contributed by atoms with Gasteiger partial charge in [0.1, 0.15) is 0 Å². The molecule has 0 fully saturated rings. The largest absolute Gasteiger partial charge is 0.376 e. The molecule has 134 valence electrons. The van der Waals surface area contributed by atoms with E-state index in [1.54, 1.807) is 18.2 Å². The summed E-state index contributed by atoms with van der Waals surface area (Å²) in [5, 5.41) is 2.82. The van der Waals surface area contributed by atoms with Gasteiger partial charge in [0.05, 0.1) is 16.3 Å². The van der Waals surface area contributed by atoms with Crippen molar-refractivity contribution in [1.82, 2.24) is 4.31 Å². The molecule has 0 unspecified atom stereocenters. The molecule has 1 amide bonds. The Morgan fingerprint density at radius 1 is 0.960 bits per heavy atom. The number of carbonyl (C=O) groups excluding carboxylic acids is 1. The highest BCUT2D eigenvalue weighted by Crippen LogP contribution is 2.29. The predicted molar refractivity (Wildman–Crippen MR) is 101 cm³/mol. The second-order valence-electron chi connectivity index (χ2n) is 6.18. The van der Waals surface area contributed by atoms with Crippen LogP contribution < -0.4 is 10.2 Å². The van der Waals surface area contributed by atoms with Crippen LogP contribution in [0.25, 0.3) is 0 Å². The second kappa shape index (κ2) is 7.25. The van der Waals surface area contributed by atoms with Crippen molar-refractivity contribution in [2.45, 2.75) is 11.8 Å². The Hall–Kier alpha value is -2.38. The highest BCUT2D eigenvalue weighted by atomic mass is 32.2. The van der Waals surface area contributed by atoms with E-state index in [9.17, 15) is 13.2 Å². The monoisotopic (exact) mass is 361 g/mol. The minimum Gasteiger partial charge on any atom is -0.376 e. The fraction of sp³-hybridized carbons (Fsp3) is 0.278. The van der Waals surface area contributed by atoms with Crippen molar-refractivity contribution in [1.29, 1.82) is 0 Å². The van der Waals surface area contributed by atoms with Gasteiger partial charge in [-0.1, -0.05) is 17.7 Å². The first-order chi connectivity index (χ1) is 11.6. The van der Waals surface area contributed by atoms with Crippen molar-refractivity contribution in [3.63, 3.8) is 0 Å². The minimum absolute atomic E-state index is 0.127. The molecule has 2 rings (SSSR count). The maximum absolute atomic E-state index is 12.5. The van der Waals surface area contributed by atoms with Gasteiger partial charge < -0.3 is 10.2 Å². The lowest BCUT2D eigenvalue weighted by molar-refractivity contribution is 0.102. The zero-order valence-corrected chi connectivity index (χ0v) is 15.9. The Kier molecular flexibility index (Phi) is 5.49. The molecule has 0 aliphatic rings. The third-order valence-electron chi connectivity index (χ3n) is 3.79. The van der Waals surface area contributed by atoms with Gasteiger partial charge in [-0.25, -0.2) is 12.7 Å². The summed E-state index contributed by atoms with van der Waals surface area (Å²) in [5.74, 6) is -0.289. The topological polar surface area (TPSA) is 69.7 Å². The lowest BCUT2D eigenvalue weighted by atomic mass is 10.1. The number of sulfonamides is 1. The summed E-state index contributed by atoms with van der Waals surface area (Å²) in [4.78, 5) is 14.4. The number of rotatable bonds is 5. The van der Waals surface area contributed by atoms with Gasteiger partial charge in [-0.05, 0) is 37.3 Å². The summed E-state index contributed by atoms with van der Waals surface area (Å²) in [6.07, 6.45) is 0. The number of carbonyl (C=O) groups is 1. The first-order valence-electron chi connectivity index (χ1n) is 7.75. The molecule has 0 heterocycles. The van der Waals surface area contributed by atoms with Crippen molar-refractivity contribution in [3.8, 4) is 0 Å². The summed E-state index contributed by atoms with van der Waals surface area (Å²) in [6.45, 7) is 1.95.